The van der Waals surface area contributed by atoms with Crippen molar-refractivity contribution in [1.29, 1.82) is 0 Å². The Balaban J connectivity index is 1.86. The molecule has 1 fully saturated rings. The topological polar surface area (TPSA) is 21.3 Å². The molecule has 1 aliphatic heterocycles. The fraction of sp³-hybridized carbons (Fsp3) is 0.556. The molecule has 1 aromatic rings. The molecule has 20 heavy (non-hydrogen) atoms. The molecule has 1 heterocycles. The summed E-state index contributed by atoms with van der Waals surface area (Å²) in [5.41, 5.74) is 2.48. The largest absolute Gasteiger partial charge is 0.375 e. The summed E-state index contributed by atoms with van der Waals surface area (Å²) >= 11 is 0. The van der Waals surface area contributed by atoms with Crippen molar-refractivity contribution in [3.8, 4) is 0 Å². The first kappa shape index (κ1) is 15.3. The molecule has 2 nitrogen and oxygen atoms in total. The van der Waals surface area contributed by atoms with Gasteiger partial charge in [0, 0.05) is 19.2 Å². The highest BCUT2D eigenvalue weighted by Crippen LogP contribution is 2.31. The van der Waals surface area contributed by atoms with Gasteiger partial charge in [-0.05, 0) is 36.8 Å². The van der Waals surface area contributed by atoms with Crippen molar-refractivity contribution in [2.75, 3.05) is 13.2 Å². The predicted octanol–water partition coefficient (Wildman–Crippen LogP) is 4.03. The molecule has 1 N–H and O–H groups in total. The second-order valence-electron chi connectivity index (χ2n) is 5.78. The quantitative estimate of drug-likeness (QED) is 0.845. The molecule has 1 aromatic carbocycles. The second-order valence-corrected chi connectivity index (χ2v) is 5.78. The van der Waals surface area contributed by atoms with Crippen molar-refractivity contribution in [2.24, 2.45) is 0 Å². The maximum absolute atomic E-state index is 6.02. The van der Waals surface area contributed by atoms with Gasteiger partial charge in [-0.15, -0.1) is 0 Å². The van der Waals surface area contributed by atoms with Crippen LogP contribution in [-0.4, -0.2) is 24.8 Å². The van der Waals surface area contributed by atoms with Gasteiger partial charge in [0.25, 0.3) is 0 Å². The smallest absolute Gasteiger partial charge is 0.0692 e. The SMILES string of the molecule is C=C(CNC1CCOC(CC)(CC)C1)c1ccccc1. The highest BCUT2D eigenvalue weighted by Gasteiger charge is 2.34. The molecule has 0 radical (unpaired) electrons. The van der Waals surface area contributed by atoms with Crippen LogP contribution in [0.3, 0.4) is 0 Å². The lowest BCUT2D eigenvalue weighted by Gasteiger charge is -2.40. The van der Waals surface area contributed by atoms with Crippen LogP contribution in [0.25, 0.3) is 5.57 Å². The maximum Gasteiger partial charge on any atom is 0.0692 e. The van der Waals surface area contributed by atoms with E-state index in [0.717, 1.165) is 44.4 Å². The molecule has 0 amide bonds. The van der Waals surface area contributed by atoms with E-state index in [4.69, 9.17) is 4.74 Å². The van der Waals surface area contributed by atoms with E-state index in [9.17, 15) is 0 Å². The molecule has 1 unspecified atom stereocenters. The number of benzene rings is 1. The fourth-order valence-electron chi connectivity index (χ4n) is 2.99. The van der Waals surface area contributed by atoms with E-state index in [1.54, 1.807) is 0 Å². The summed E-state index contributed by atoms with van der Waals surface area (Å²) in [6.07, 6.45) is 4.41. The monoisotopic (exact) mass is 273 g/mol. The van der Waals surface area contributed by atoms with Crippen molar-refractivity contribution in [3.63, 3.8) is 0 Å². The van der Waals surface area contributed by atoms with Crippen LogP contribution in [0.2, 0.25) is 0 Å². The van der Waals surface area contributed by atoms with Crippen molar-refractivity contribution >= 4 is 5.57 Å². The van der Waals surface area contributed by atoms with Gasteiger partial charge in [0.15, 0.2) is 0 Å². The standard InChI is InChI=1S/C18H27NO/c1-4-18(5-2)13-17(11-12-20-18)19-14-15(3)16-9-7-6-8-10-16/h6-10,17,19H,3-5,11-14H2,1-2H3. The Morgan fingerprint density at radius 1 is 1.30 bits per heavy atom. The molecule has 110 valence electrons. The van der Waals surface area contributed by atoms with Crippen LogP contribution in [-0.2, 0) is 4.74 Å². The van der Waals surface area contributed by atoms with Gasteiger partial charge in [0.1, 0.15) is 0 Å². The van der Waals surface area contributed by atoms with E-state index in [0.29, 0.717) is 6.04 Å². The molecule has 0 spiro atoms. The van der Waals surface area contributed by atoms with E-state index in [1.807, 2.05) is 6.07 Å². The van der Waals surface area contributed by atoms with Crippen LogP contribution in [0.5, 0.6) is 0 Å². The van der Waals surface area contributed by atoms with Crippen LogP contribution in [0.15, 0.2) is 36.9 Å². The van der Waals surface area contributed by atoms with Gasteiger partial charge in [-0.1, -0.05) is 50.8 Å². The van der Waals surface area contributed by atoms with Gasteiger partial charge in [0.2, 0.25) is 0 Å². The lowest BCUT2D eigenvalue weighted by molar-refractivity contribution is -0.0925. The molecule has 0 saturated carbocycles. The van der Waals surface area contributed by atoms with E-state index < -0.39 is 0 Å². The van der Waals surface area contributed by atoms with Gasteiger partial charge in [0.05, 0.1) is 5.60 Å². The number of nitrogens with one attached hydrogen (secondary N) is 1. The Bertz CT molecular complexity index is 422. The Labute approximate surface area is 123 Å². The Kier molecular flexibility index (Phi) is 5.38. The average molecular weight is 273 g/mol. The summed E-state index contributed by atoms with van der Waals surface area (Å²) in [5.74, 6) is 0. The number of hydrogen-bond donors (Lipinski definition) is 1. The third kappa shape index (κ3) is 3.71. The van der Waals surface area contributed by atoms with Crippen LogP contribution >= 0.6 is 0 Å². The zero-order chi connectivity index (χ0) is 14.4. The van der Waals surface area contributed by atoms with Crippen molar-refractivity contribution in [1.82, 2.24) is 5.32 Å². The van der Waals surface area contributed by atoms with E-state index in [-0.39, 0.29) is 5.60 Å². The van der Waals surface area contributed by atoms with E-state index >= 15 is 0 Å². The van der Waals surface area contributed by atoms with E-state index in [2.05, 4.69) is 50.0 Å². The van der Waals surface area contributed by atoms with Gasteiger partial charge >= 0.3 is 0 Å². The third-order valence-corrected chi connectivity index (χ3v) is 4.57. The Morgan fingerprint density at radius 2 is 2.00 bits per heavy atom. The molecular weight excluding hydrogens is 246 g/mol. The summed E-state index contributed by atoms with van der Waals surface area (Å²) in [4.78, 5) is 0. The van der Waals surface area contributed by atoms with Crippen LogP contribution < -0.4 is 5.32 Å². The minimum absolute atomic E-state index is 0.0873. The summed E-state index contributed by atoms with van der Waals surface area (Å²) in [6.45, 7) is 10.4. The molecule has 0 aliphatic carbocycles. The van der Waals surface area contributed by atoms with Gasteiger partial charge < -0.3 is 10.1 Å². The normalized spacial score (nSPS) is 21.6. The number of ether oxygens (including phenoxy) is 1. The number of hydrogen-bond acceptors (Lipinski definition) is 2. The predicted molar refractivity (Wildman–Crippen MR) is 85.8 cm³/mol. The first-order chi connectivity index (χ1) is 9.69. The van der Waals surface area contributed by atoms with Gasteiger partial charge in [-0.25, -0.2) is 0 Å². The fourth-order valence-corrected chi connectivity index (χ4v) is 2.99. The minimum Gasteiger partial charge on any atom is -0.375 e. The van der Waals surface area contributed by atoms with Gasteiger partial charge in [-0.3, -0.25) is 0 Å². The Morgan fingerprint density at radius 3 is 2.65 bits per heavy atom. The van der Waals surface area contributed by atoms with Crippen molar-refractivity contribution < 1.29 is 4.74 Å². The third-order valence-electron chi connectivity index (χ3n) is 4.57. The van der Waals surface area contributed by atoms with Crippen molar-refractivity contribution in [2.45, 2.75) is 51.2 Å². The molecule has 2 rings (SSSR count). The van der Waals surface area contributed by atoms with Gasteiger partial charge in [-0.2, -0.15) is 0 Å². The maximum atomic E-state index is 6.02. The lowest BCUT2D eigenvalue weighted by Crippen LogP contribution is -2.46. The zero-order valence-corrected chi connectivity index (χ0v) is 12.8. The highest BCUT2D eigenvalue weighted by atomic mass is 16.5. The van der Waals surface area contributed by atoms with E-state index in [1.165, 1.54) is 5.56 Å². The molecule has 1 saturated heterocycles. The average Bonchev–Trinajstić information content (AvgIpc) is 2.53. The summed E-state index contributed by atoms with van der Waals surface area (Å²) in [7, 11) is 0. The highest BCUT2D eigenvalue weighted by molar-refractivity contribution is 5.64. The second kappa shape index (κ2) is 7.05. The lowest BCUT2D eigenvalue weighted by atomic mass is 9.86. The molecule has 0 aromatic heterocycles. The zero-order valence-electron chi connectivity index (χ0n) is 12.8. The van der Waals surface area contributed by atoms with Crippen LogP contribution in [0, 0.1) is 0 Å². The van der Waals surface area contributed by atoms with Crippen molar-refractivity contribution in [3.05, 3.63) is 42.5 Å². The minimum atomic E-state index is 0.0873. The summed E-state index contributed by atoms with van der Waals surface area (Å²) < 4.78 is 6.02. The molecule has 1 atom stereocenters. The van der Waals surface area contributed by atoms with Crippen LogP contribution in [0.1, 0.15) is 45.1 Å². The summed E-state index contributed by atoms with van der Waals surface area (Å²) in [6, 6.07) is 11.0. The molecule has 0 bridgehead atoms. The first-order valence-electron chi connectivity index (χ1n) is 7.79. The first-order valence-corrected chi connectivity index (χ1v) is 7.79. The van der Waals surface area contributed by atoms with Crippen LogP contribution in [0.4, 0.5) is 0 Å². The molecule has 1 aliphatic rings. The molecular formula is C18H27NO. The Hall–Kier alpha value is -1.12. The summed E-state index contributed by atoms with van der Waals surface area (Å²) in [5, 5.41) is 3.66. The molecule has 2 heteroatoms. The number of rotatable bonds is 6.